The summed E-state index contributed by atoms with van der Waals surface area (Å²) in [5.74, 6) is 2.40. The van der Waals surface area contributed by atoms with E-state index in [4.69, 9.17) is 6.42 Å². The third-order valence-electron chi connectivity index (χ3n) is 2.33. The number of rotatable bonds is 3. The summed E-state index contributed by atoms with van der Waals surface area (Å²) in [6, 6.07) is 0. The van der Waals surface area contributed by atoms with E-state index in [1.165, 1.54) is 0 Å². The van der Waals surface area contributed by atoms with Gasteiger partial charge in [-0.2, -0.15) is 0 Å². The Morgan fingerprint density at radius 3 is 2.18 bits per heavy atom. The van der Waals surface area contributed by atoms with Gasteiger partial charge in [0.2, 0.25) is 0 Å². The molecular formula is C10H16O. The number of hydrogen-bond donors (Lipinski definition) is 1. The Morgan fingerprint density at radius 2 is 2.09 bits per heavy atom. The first kappa shape index (κ1) is 10.3. The Hall–Kier alpha value is -0.740. The average molecular weight is 152 g/mol. The average Bonchev–Trinajstić information content (AvgIpc) is 2.02. The predicted molar refractivity (Wildman–Crippen MR) is 48.1 cm³/mol. The second-order valence-electron chi connectivity index (χ2n) is 3.28. The molecule has 0 aromatic heterocycles. The van der Waals surface area contributed by atoms with Crippen molar-refractivity contribution in [1.29, 1.82) is 0 Å². The van der Waals surface area contributed by atoms with Gasteiger partial charge in [-0.3, -0.25) is 0 Å². The molecule has 0 radical (unpaired) electrons. The molecule has 0 aliphatic heterocycles. The summed E-state index contributed by atoms with van der Waals surface area (Å²) in [5, 5.41) is 9.85. The molecule has 1 heteroatoms. The quantitative estimate of drug-likeness (QED) is 0.484. The summed E-state index contributed by atoms with van der Waals surface area (Å²) in [4.78, 5) is 0. The van der Waals surface area contributed by atoms with Crippen molar-refractivity contribution in [3.05, 3.63) is 12.7 Å². The molecule has 62 valence electrons. The van der Waals surface area contributed by atoms with Crippen LogP contribution < -0.4 is 0 Å². The highest BCUT2D eigenvalue weighted by atomic mass is 16.3. The maximum absolute atomic E-state index is 9.85. The van der Waals surface area contributed by atoms with E-state index in [2.05, 4.69) is 12.5 Å². The van der Waals surface area contributed by atoms with Gasteiger partial charge in [0.25, 0.3) is 0 Å². The molecule has 11 heavy (non-hydrogen) atoms. The maximum atomic E-state index is 9.85. The highest BCUT2D eigenvalue weighted by molar-refractivity contribution is 5.18. The lowest BCUT2D eigenvalue weighted by Gasteiger charge is -2.35. The Labute approximate surface area is 69.1 Å². The molecule has 1 unspecified atom stereocenters. The van der Waals surface area contributed by atoms with Gasteiger partial charge in [-0.25, -0.2) is 0 Å². The SMILES string of the molecule is C#CC(O)(CC)C(C)(C)C=C. The summed E-state index contributed by atoms with van der Waals surface area (Å²) in [6.07, 6.45) is 7.47. The van der Waals surface area contributed by atoms with Gasteiger partial charge in [-0.1, -0.05) is 32.8 Å². The first-order valence-corrected chi connectivity index (χ1v) is 3.77. The van der Waals surface area contributed by atoms with Crippen LogP contribution in [0.5, 0.6) is 0 Å². The Bertz CT molecular complexity index is 186. The summed E-state index contributed by atoms with van der Waals surface area (Å²) in [7, 11) is 0. The zero-order valence-corrected chi connectivity index (χ0v) is 7.52. The van der Waals surface area contributed by atoms with Gasteiger partial charge in [0.15, 0.2) is 0 Å². The normalized spacial score (nSPS) is 16.6. The van der Waals surface area contributed by atoms with Crippen molar-refractivity contribution >= 4 is 0 Å². The molecule has 1 nitrogen and oxygen atoms in total. The van der Waals surface area contributed by atoms with Crippen LogP contribution in [-0.4, -0.2) is 10.7 Å². The monoisotopic (exact) mass is 152 g/mol. The van der Waals surface area contributed by atoms with Gasteiger partial charge in [0.05, 0.1) is 0 Å². The van der Waals surface area contributed by atoms with Crippen molar-refractivity contribution < 1.29 is 5.11 Å². The van der Waals surface area contributed by atoms with Crippen LogP contribution in [0.1, 0.15) is 27.2 Å². The molecule has 0 aliphatic carbocycles. The van der Waals surface area contributed by atoms with E-state index in [9.17, 15) is 5.11 Å². The van der Waals surface area contributed by atoms with Gasteiger partial charge in [-0.15, -0.1) is 13.0 Å². The second-order valence-corrected chi connectivity index (χ2v) is 3.28. The zero-order chi connectivity index (χ0) is 9.12. The van der Waals surface area contributed by atoms with Crippen molar-refractivity contribution in [2.24, 2.45) is 5.41 Å². The lowest BCUT2D eigenvalue weighted by molar-refractivity contribution is 0.00958. The van der Waals surface area contributed by atoms with Gasteiger partial charge in [0, 0.05) is 5.41 Å². The number of aliphatic hydroxyl groups is 1. The summed E-state index contributed by atoms with van der Waals surface area (Å²) >= 11 is 0. The molecule has 0 aromatic rings. The third kappa shape index (κ3) is 1.64. The van der Waals surface area contributed by atoms with E-state index in [1.54, 1.807) is 6.08 Å². The van der Waals surface area contributed by atoms with Crippen LogP contribution in [0.3, 0.4) is 0 Å². The zero-order valence-electron chi connectivity index (χ0n) is 7.52. The molecule has 0 aliphatic rings. The lowest BCUT2D eigenvalue weighted by Crippen LogP contribution is -2.41. The molecule has 0 saturated heterocycles. The highest BCUT2D eigenvalue weighted by Gasteiger charge is 2.37. The third-order valence-corrected chi connectivity index (χ3v) is 2.33. The minimum Gasteiger partial charge on any atom is -0.377 e. The number of terminal acetylenes is 1. The van der Waals surface area contributed by atoms with E-state index >= 15 is 0 Å². The molecule has 1 N–H and O–H groups in total. The highest BCUT2D eigenvalue weighted by Crippen LogP contribution is 2.33. The minimum atomic E-state index is -1.06. The lowest BCUT2D eigenvalue weighted by atomic mass is 9.74. The standard InChI is InChI=1S/C10H16O/c1-6-9(4,5)10(11,7-2)8-3/h2,6,11H,1,8H2,3-5H3. The van der Waals surface area contributed by atoms with Crippen molar-refractivity contribution in [2.45, 2.75) is 32.8 Å². The molecule has 0 spiro atoms. The van der Waals surface area contributed by atoms with Crippen molar-refractivity contribution in [1.82, 2.24) is 0 Å². The van der Waals surface area contributed by atoms with E-state index in [1.807, 2.05) is 20.8 Å². The first-order valence-electron chi connectivity index (χ1n) is 3.77. The topological polar surface area (TPSA) is 20.2 Å². The van der Waals surface area contributed by atoms with Gasteiger partial charge >= 0.3 is 0 Å². The van der Waals surface area contributed by atoms with E-state index in [0.29, 0.717) is 6.42 Å². The van der Waals surface area contributed by atoms with Crippen LogP contribution in [0.25, 0.3) is 0 Å². The van der Waals surface area contributed by atoms with Gasteiger partial charge < -0.3 is 5.11 Å². The van der Waals surface area contributed by atoms with Crippen molar-refractivity contribution in [3.63, 3.8) is 0 Å². The molecule has 0 bridgehead atoms. The van der Waals surface area contributed by atoms with Crippen molar-refractivity contribution in [3.8, 4) is 12.3 Å². The van der Waals surface area contributed by atoms with Crippen LogP contribution >= 0.6 is 0 Å². The van der Waals surface area contributed by atoms with Crippen LogP contribution in [0.4, 0.5) is 0 Å². The van der Waals surface area contributed by atoms with E-state index < -0.39 is 11.0 Å². The maximum Gasteiger partial charge on any atom is 0.133 e. The van der Waals surface area contributed by atoms with Crippen molar-refractivity contribution in [2.75, 3.05) is 0 Å². The minimum absolute atomic E-state index is 0.420. The van der Waals surface area contributed by atoms with Crippen LogP contribution in [-0.2, 0) is 0 Å². The fourth-order valence-electron chi connectivity index (χ4n) is 0.913. The molecule has 0 aromatic carbocycles. The molecular weight excluding hydrogens is 136 g/mol. The van der Waals surface area contributed by atoms with E-state index in [0.717, 1.165) is 0 Å². The second kappa shape index (κ2) is 3.11. The predicted octanol–water partition coefficient (Wildman–Crippen LogP) is 1.97. The van der Waals surface area contributed by atoms with Crippen LogP contribution in [0.15, 0.2) is 12.7 Å². The summed E-state index contributed by atoms with van der Waals surface area (Å²) in [6.45, 7) is 9.26. The molecule has 1 atom stereocenters. The fourth-order valence-corrected chi connectivity index (χ4v) is 0.913. The Morgan fingerprint density at radius 1 is 1.64 bits per heavy atom. The molecule has 0 saturated carbocycles. The summed E-state index contributed by atoms with van der Waals surface area (Å²) in [5.41, 5.74) is -1.48. The van der Waals surface area contributed by atoms with Gasteiger partial charge in [0.1, 0.15) is 5.60 Å². The largest absolute Gasteiger partial charge is 0.377 e. The number of hydrogen-bond acceptors (Lipinski definition) is 1. The summed E-state index contributed by atoms with van der Waals surface area (Å²) < 4.78 is 0. The molecule has 0 rings (SSSR count). The molecule has 0 heterocycles. The fraction of sp³-hybridized carbons (Fsp3) is 0.600. The van der Waals surface area contributed by atoms with E-state index in [-0.39, 0.29) is 0 Å². The van der Waals surface area contributed by atoms with Crippen LogP contribution in [0, 0.1) is 17.8 Å². The first-order chi connectivity index (χ1) is 4.93. The van der Waals surface area contributed by atoms with Gasteiger partial charge in [-0.05, 0) is 6.42 Å². The molecule has 0 fully saturated rings. The van der Waals surface area contributed by atoms with Crippen LogP contribution in [0.2, 0.25) is 0 Å². The Kier molecular flexibility index (Phi) is 2.90. The molecule has 0 amide bonds. The Balaban J connectivity index is 4.79. The smallest absolute Gasteiger partial charge is 0.133 e.